The third-order valence-corrected chi connectivity index (χ3v) is 2.44. The molecule has 0 atom stereocenters. The van der Waals surface area contributed by atoms with Gasteiger partial charge in [0.2, 0.25) is 0 Å². The lowest BCUT2D eigenvalue weighted by atomic mass is 10.2. The molecule has 0 saturated carbocycles. The first-order chi connectivity index (χ1) is 8.10. The minimum atomic E-state index is -0.471. The first kappa shape index (κ1) is 14.1. The summed E-state index contributed by atoms with van der Waals surface area (Å²) in [5.74, 6) is -0.145. The van der Waals surface area contributed by atoms with Gasteiger partial charge in [-0.15, -0.1) is 0 Å². The number of carbonyl (C=O) groups is 1. The third-order valence-electron chi connectivity index (χ3n) is 1.87. The summed E-state index contributed by atoms with van der Waals surface area (Å²) in [6, 6.07) is 2.91. The average molecular weight is 278 g/mol. The number of ether oxygens (including phenoxy) is 2. The van der Waals surface area contributed by atoms with Crippen molar-refractivity contribution in [3.05, 3.63) is 27.7 Å². The van der Waals surface area contributed by atoms with Crippen molar-refractivity contribution >= 4 is 29.2 Å². The highest BCUT2D eigenvalue weighted by Gasteiger charge is 2.14. The minimum Gasteiger partial charge on any atom is -0.489 e. The van der Waals surface area contributed by atoms with Crippen LogP contribution >= 0.6 is 23.2 Å². The van der Waals surface area contributed by atoms with Crippen molar-refractivity contribution < 1.29 is 14.3 Å². The van der Waals surface area contributed by atoms with Gasteiger partial charge in [-0.05, 0) is 19.1 Å². The highest BCUT2D eigenvalue weighted by atomic mass is 35.5. The van der Waals surface area contributed by atoms with Gasteiger partial charge < -0.3 is 15.2 Å². The number of rotatable bonds is 5. The van der Waals surface area contributed by atoms with E-state index >= 15 is 0 Å². The Morgan fingerprint density at radius 1 is 1.35 bits per heavy atom. The van der Waals surface area contributed by atoms with Crippen LogP contribution in [0.1, 0.15) is 17.3 Å². The quantitative estimate of drug-likeness (QED) is 0.841. The maximum absolute atomic E-state index is 11.5. The van der Waals surface area contributed by atoms with Crippen LogP contribution in [0.25, 0.3) is 0 Å². The summed E-state index contributed by atoms with van der Waals surface area (Å²) in [4.78, 5) is 11.5. The summed E-state index contributed by atoms with van der Waals surface area (Å²) in [7, 11) is 0. The number of esters is 1. The van der Waals surface area contributed by atoms with E-state index < -0.39 is 5.97 Å². The van der Waals surface area contributed by atoms with Gasteiger partial charge in [0.1, 0.15) is 6.61 Å². The van der Waals surface area contributed by atoms with Gasteiger partial charge >= 0.3 is 5.97 Å². The molecule has 1 rings (SSSR count). The number of benzene rings is 1. The van der Waals surface area contributed by atoms with E-state index in [-0.39, 0.29) is 10.0 Å². The van der Waals surface area contributed by atoms with Gasteiger partial charge in [0.15, 0.2) is 5.75 Å². The molecule has 0 aromatic heterocycles. The van der Waals surface area contributed by atoms with Gasteiger partial charge in [0, 0.05) is 6.54 Å². The van der Waals surface area contributed by atoms with E-state index in [0.717, 1.165) is 0 Å². The minimum absolute atomic E-state index is 0.258. The molecule has 94 valence electrons. The fraction of sp³-hybridized carbons (Fsp3) is 0.364. The summed E-state index contributed by atoms with van der Waals surface area (Å²) < 4.78 is 10.1. The Labute approximate surface area is 110 Å². The van der Waals surface area contributed by atoms with E-state index in [1.807, 2.05) is 0 Å². The summed E-state index contributed by atoms with van der Waals surface area (Å²) in [6.07, 6.45) is 0. The normalized spacial score (nSPS) is 10.1. The number of halogens is 2. The summed E-state index contributed by atoms with van der Waals surface area (Å²) in [5.41, 5.74) is 5.60. The number of hydrogen-bond acceptors (Lipinski definition) is 4. The molecule has 1 aromatic rings. The van der Waals surface area contributed by atoms with Crippen LogP contribution in [0.2, 0.25) is 10.0 Å². The van der Waals surface area contributed by atoms with Gasteiger partial charge in [-0.3, -0.25) is 0 Å². The van der Waals surface area contributed by atoms with Crippen LogP contribution in [0.15, 0.2) is 12.1 Å². The van der Waals surface area contributed by atoms with E-state index in [1.54, 1.807) is 6.92 Å². The lowest BCUT2D eigenvalue weighted by molar-refractivity contribution is 0.0526. The first-order valence-electron chi connectivity index (χ1n) is 5.09. The van der Waals surface area contributed by atoms with Crippen molar-refractivity contribution in [2.75, 3.05) is 19.8 Å². The zero-order valence-corrected chi connectivity index (χ0v) is 10.8. The largest absolute Gasteiger partial charge is 0.489 e. The predicted octanol–water partition coefficient (Wildman–Crippen LogP) is 2.51. The van der Waals surface area contributed by atoms with Crippen molar-refractivity contribution in [3.8, 4) is 5.75 Å². The van der Waals surface area contributed by atoms with Crippen molar-refractivity contribution in [1.82, 2.24) is 0 Å². The van der Waals surface area contributed by atoms with E-state index in [9.17, 15) is 4.79 Å². The molecule has 4 nitrogen and oxygen atoms in total. The Morgan fingerprint density at radius 2 is 1.94 bits per heavy atom. The SMILES string of the molecule is CCOC(=O)c1cc(Cl)c(OCCN)c(Cl)c1. The highest BCUT2D eigenvalue weighted by molar-refractivity contribution is 6.37. The van der Waals surface area contributed by atoms with E-state index in [4.69, 9.17) is 38.4 Å². The fourth-order valence-corrected chi connectivity index (χ4v) is 1.79. The molecule has 0 unspecified atom stereocenters. The van der Waals surface area contributed by atoms with E-state index in [2.05, 4.69) is 0 Å². The molecule has 2 N–H and O–H groups in total. The molecule has 6 heteroatoms. The van der Waals surface area contributed by atoms with Gasteiger partial charge in [-0.2, -0.15) is 0 Å². The summed E-state index contributed by atoms with van der Waals surface area (Å²) in [5, 5.41) is 0.517. The molecule has 0 fully saturated rings. The number of nitrogens with two attached hydrogens (primary N) is 1. The fourth-order valence-electron chi connectivity index (χ4n) is 1.19. The zero-order chi connectivity index (χ0) is 12.8. The lowest BCUT2D eigenvalue weighted by Gasteiger charge is -2.10. The molecular formula is C11H13Cl2NO3. The number of hydrogen-bond donors (Lipinski definition) is 1. The molecule has 17 heavy (non-hydrogen) atoms. The second-order valence-corrected chi connectivity index (χ2v) is 3.94. The summed E-state index contributed by atoms with van der Waals surface area (Å²) >= 11 is 11.9. The van der Waals surface area contributed by atoms with Gasteiger partial charge in [-0.1, -0.05) is 23.2 Å². The smallest absolute Gasteiger partial charge is 0.338 e. The maximum Gasteiger partial charge on any atom is 0.338 e. The molecule has 0 amide bonds. The Bertz CT molecular complexity index is 387. The van der Waals surface area contributed by atoms with Crippen molar-refractivity contribution in [3.63, 3.8) is 0 Å². The van der Waals surface area contributed by atoms with Crippen molar-refractivity contribution in [2.24, 2.45) is 5.73 Å². The molecule has 0 aliphatic rings. The second-order valence-electron chi connectivity index (χ2n) is 3.13. The van der Waals surface area contributed by atoms with Crippen LogP contribution < -0.4 is 10.5 Å². The molecule has 0 heterocycles. The predicted molar refractivity (Wildman–Crippen MR) is 67.0 cm³/mol. The molecule has 1 aromatic carbocycles. The average Bonchev–Trinajstić information content (AvgIpc) is 2.28. The van der Waals surface area contributed by atoms with E-state index in [0.29, 0.717) is 31.1 Å². The van der Waals surface area contributed by atoms with Gasteiger partial charge in [-0.25, -0.2) is 4.79 Å². The Hall–Kier alpha value is -0.970. The van der Waals surface area contributed by atoms with Crippen molar-refractivity contribution in [2.45, 2.75) is 6.92 Å². The molecule has 0 spiro atoms. The lowest BCUT2D eigenvalue weighted by Crippen LogP contribution is -2.11. The van der Waals surface area contributed by atoms with Gasteiger partial charge in [0.05, 0.1) is 22.2 Å². The number of carbonyl (C=O) groups excluding carboxylic acids is 1. The van der Waals surface area contributed by atoms with Crippen LogP contribution in [0.5, 0.6) is 5.75 Å². The molecular weight excluding hydrogens is 265 g/mol. The topological polar surface area (TPSA) is 61.5 Å². The molecule has 0 saturated heterocycles. The third kappa shape index (κ3) is 3.77. The Morgan fingerprint density at radius 3 is 2.41 bits per heavy atom. The van der Waals surface area contributed by atoms with Gasteiger partial charge in [0.25, 0.3) is 0 Å². The molecule has 0 aliphatic heterocycles. The van der Waals surface area contributed by atoms with Crippen LogP contribution in [0, 0.1) is 0 Å². The van der Waals surface area contributed by atoms with E-state index in [1.165, 1.54) is 12.1 Å². The van der Waals surface area contributed by atoms with Crippen molar-refractivity contribution in [1.29, 1.82) is 0 Å². The summed E-state index contributed by atoms with van der Waals surface area (Å²) in [6.45, 7) is 2.67. The van der Waals surface area contributed by atoms with Crippen LogP contribution in [-0.2, 0) is 4.74 Å². The first-order valence-corrected chi connectivity index (χ1v) is 5.84. The second kappa shape index (κ2) is 6.69. The maximum atomic E-state index is 11.5. The Kier molecular flexibility index (Phi) is 5.55. The monoisotopic (exact) mass is 277 g/mol. The molecule has 0 aliphatic carbocycles. The standard InChI is InChI=1S/C11H13Cl2NO3/c1-2-16-11(15)7-5-8(12)10(9(13)6-7)17-4-3-14/h5-6H,2-4,14H2,1H3. The van der Waals surface area contributed by atoms with Crippen LogP contribution in [0.4, 0.5) is 0 Å². The van der Waals surface area contributed by atoms with Crippen LogP contribution in [0.3, 0.4) is 0 Å². The highest BCUT2D eigenvalue weighted by Crippen LogP contribution is 2.34. The Balaban J connectivity index is 2.96. The van der Waals surface area contributed by atoms with Crippen LogP contribution in [-0.4, -0.2) is 25.7 Å². The molecule has 0 bridgehead atoms. The molecule has 0 radical (unpaired) electrons. The zero-order valence-electron chi connectivity index (χ0n) is 9.33.